The van der Waals surface area contributed by atoms with Gasteiger partial charge in [-0.05, 0) is 43.2 Å². The number of nitrogens with zero attached hydrogens (tertiary/aromatic N) is 1. The van der Waals surface area contributed by atoms with Crippen molar-refractivity contribution in [2.75, 3.05) is 11.9 Å². The summed E-state index contributed by atoms with van der Waals surface area (Å²) in [5, 5.41) is 2.78. The van der Waals surface area contributed by atoms with E-state index in [0.717, 1.165) is 5.56 Å². The van der Waals surface area contributed by atoms with Gasteiger partial charge in [-0.15, -0.1) is 0 Å². The molecule has 1 heterocycles. The van der Waals surface area contributed by atoms with Crippen LogP contribution in [0.4, 0.5) is 5.69 Å². The summed E-state index contributed by atoms with van der Waals surface area (Å²) in [4.78, 5) is 24.9. The van der Waals surface area contributed by atoms with E-state index < -0.39 is 27.7 Å². The Balaban J connectivity index is 1.64. The number of carbonyl (C=O) groups excluding carboxylic acids is 1. The predicted octanol–water partition coefficient (Wildman–Crippen LogP) is 3.06. The number of aryl methyl sites for hydroxylation is 1. The second-order valence-electron chi connectivity index (χ2n) is 7.84. The number of fused-ring (bicyclic) bond motifs is 1. The van der Waals surface area contributed by atoms with Gasteiger partial charge < -0.3 is 14.5 Å². The zero-order valence-corrected chi connectivity index (χ0v) is 20.0. The lowest BCUT2D eigenvalue weighted by molar-refractivity contribution is -0.117. The van der Waals surface area contributed by atoms with Crippen LogP contribution in [0.2, 0.25) is 0 Å². The fraction of sp³-hybridized carbons (Fsp3) is 0.200. The van der Waals surface area contributed by atoms with Crippen molar-refractivity contribution in [1.29, 1.82) is 0 Å². The third kappa shape index (κ3) is 5.44. The van der Waals surface area contributed by atoms with Crippen molar-refractivity contribution in [1.82, 2.24) is 9.29 Å². The molecule has 35 heavy (non-hydrogen) atoms. The maximum Gasteiger partial charge on any atom is 0.419 e. The Morgan fingerprint density at radius 3 is 2.51 bits per heavy atom. The summed E-state index contributed by atoms with van der Waals surface area (Å²) in [6, 6.07) is 19.0. The van der Waals surface area contributed by atoms with Gasteiger partial charge in [0.15, 0.2) is 5.58 Å². The lowest BCUT2D eigenvalue weighted by Crippen LogP contribution is -2.45. The Hall–Kier alpha value is -3.89. The number of amides is 1. The van der Waals surface area contributed by atoms with Crippen LogP contribution in [0, 0.1) is 0 Å². The van der Waals surface area contributed by atoms with Gasteiger partial charge in [-0.2, -0.15) is 4.72 Å². The Morgan fingerprint density at radius 2 is 1.77 bits per heavy atom. The molecule has 1 atom stereocenters. The lowest BCUT2D eigenvalue weighted by Gasteiger charge is -2.20. The number of nitrogens with one attached hydrogen (secondary N) is 2. The van der Waals surface area contributed by atoms with E-state index in [2.05, 4.69) is 10.0 Å². The van der Waals surface area contributed by atoms with Crippen molar-refractivity contribution in [3.63, 3.8) is 0 Å². The number of para-hydroxylation sites is 2. The molecule has 0 saturated heterocycles. The molecule has 10 heteroatoms. The molecule has 1 aromatic heterocycles. The SMILES string of the molecule is CCOc1ccccc1NC(=O)[C@H](Cc1ccccc1)NS(=O)(=O)c1ccc2c(c1)oc(=O)n2C. The van der Waals surface area contributed by atoms with Crippen molar-refractivity contribution in [3.8, 4) is 5.75 Å². The molecular formula is C25H25N3O6S. The standard InChI is InChI=1S/C25H25N3O6S/c1-3-33-22-12-8-7-11-19(22)26-24(29)20(15-17-9-5-4-6-10-17)27-35(31,32)18-13-14-21-23(16-18)34-25(30)28(21)2/h4-14,16,20,27H,3,15H2,1-2H3,(H,26,29)/t20-/m0/s1. The molecular weight excluding hydrogens is 470 g/mol. The summed E-state index contributed by atoms with van der Waals surface area (Å²) in [7, 11) is -2.62. The van der Waals surface area contributed by atoms with Gasteiger partial charge in [0, 0.05) is 13.1 Å². The topological polar surface area (TPSA) is 120 Å². The van der Waals surface area contributed by atoms with E-state index in [1.165, 1.54) is 29.8 Å². The summed E-state index contributed by atoms with van der Waals surface area (Å²) in [5.74, 6) is -0.664. The molecule has 0 radical (unpaired) electrons. The van der Waals surface area contributed by atoms with E-state index in [0.29, 0.717) is 23.6 Å². The number of benzene rings is 3. The normalized spacial score (nSPS) is 12.4. The van der Waals surface area contributed by atoms with Gasteiger partial charge >= 0.3 is 5.76 Å². The molecule has 182 valence electrons. The van der Waals surface area contributed by atoms with Crippen LogP contribution in [0.1, 0.15) is 12.5 Å². The number of aromatic nitrogens is 1. The number of hydrogen-bond acceptors (Lipinski definition) is 6. The zero-order chi connectivity index (χ0) is 25.0. The van der Waals surface area contributed by atoms with Crippen LogP contribution in [-0.4, -0.2) is 31.5 Å². The third-order valence-corrected chi connectivity index (χ3v) is 6.88. The number of ether oxygens (including phenoxy) is 1. The number of carbonyl (C=O) groups is 1. The average molecular weight is 496 g/mol. The molecule has 9 nitrogen and oxygen atoms in total. The van der Waals surface area contributed by atoms with Crippen molar-refractivity contribution < 1.29 is 22.4 Å². The molecule has 0 aliphatic carbocycles. The highest BCUT2D eigenvalue weighted by molar-refractivity contribution is 7.89. The molecule has 4 rings (SSSR count). The van der Waals surface area contributed by atoms with Crippen LogP contribution >= 0.6 is 0 Å². The number of sulfonamides is 1. The smallest absolute Gasteiger partial charge is 0.419 e. The molecule has 4 aromatic rings. The molecule has 0 aliphatic rings. The van der Waals surface area contributed by atoms with E-state index in [1.807, 2.05) is 37.3 Å². The molecule has 1 amide bonds. The molecule has 0 fully saturated rings. The minimum atomic E-state index is -4.15. The van der Waals surface area contributed by atoms with E-state index in [4.69, 9.17) is 9.15 Å². The highest BCUT2D eigenvalue weighted by Gasteiger charge is 2.27. The van der Waals surface area contributed by atoms with Crippen molar-refractivity contribution >= 4 is 32.7 Å². The highest BCUT2D eigenvalue weighted by atomic mass is 32.2. The minimum Gasteiger partial charge on any atom is -0.492 e. The Morgan fingerprint density at radius 1 is 1.06 bits per heavy atom. The summed E-state index contributed by atoms with van der Waals surface area (Å²) in [6.45, 7) is 2.24. The largest absolute Gasteiger partial charge is 0.492 e. The van der Waals surface area contributed by atoms with Crippen molar-refractivity contribution in [2.45, 2.75) is 24.3 Å². The van der Waals surface area contributed by atoms with Gasteiger partial charge in [-0.3, -0.25) is 9.36 Å². The predicted molar refractivity (Wildman–Crippen MR) is 132 cm³/mol. The first kappa shape index (κ1) is 24.2. The van der Waals surface area contributed by atoms with Gasteiger partial charge in [-0.1, -0.05) is 42.5 Å². The first-order valence-electron chi connectivity index (χ1n) is 11.0. The third-order valence-electron chi connectivity index (χ3n) is 5.42. The van der Waals surface area contributed by atoms with E-state index in [1.54, 1.807) is 24.3 Å². The monoisotopic (exact) mass is 495 g/mol. The Bertz CT molecular complexity index is 1510. The summed E-state index contributed by atoms with van der Waals surface area (Å²) >= 11 is 0. The number of rotatable bonds is 9. The first-order chi connectivity index (χ1) is 16.8. The van der Waals surface area contributed by atoms with Crippen LogP contribution < -0.4 is 20.5 Å². The molecule has 3 aromatic carbocycles. The number of hydrogen-bond donors (Lipinski definition) is 2. The Kier molecular flexibility index (Phi) is 7.04. The molecule has 0 saturated carbocycles. The molecule has 0 spiro atoms. The Labute approximate surface area is 202 Å². The highest BCUT2D eigenvalue weighted by Crippen LogP contribution is 2.24. The van der Waals surface area contributed by atoms with Crippen LogP contribution in [0.25, 0.3) is 11.1 Å². The van der Waals surface area contributed by atoms with Crippen molar-refractivity contribution in [2.24, 2.45) is 7.05 Å². The lowest BCUT2D eigenvalue weighted by atomic mass is 10.1. The average Bonchev–Trinajstić information content (AvgIpc) is 3.13. The second kappa shape index (κ2) is 10.2. The zero-order valence-electron chi connectivity index (χ0n) is 19.2. The fourth-order valence-corrected chi connectivity index (χ4v) is 4.86. The van der Waals surface area contributed by atoms with Crippen molar-refractivity contribution in [3.05, 3.63) is 88.9 Å². The van der Waals surface area contributed by atoms with Crippen LogP contribution in [-0.2, 0) is 28.3 Å². The summed E-state index contributed by atoms with van der Waals surface area (Å²) in [5.41, 5.74) is 1.80. The van der Waals surface area contributed by atoms with E-state index in [-0.39, 0.29) is 16.9 Å². The van der Waals surface area contributed by atoms with E-state index >= 15 is 0 Å². The van der Waals surface area contributed by atoms with Gasteiger partial charge in [0.1, 0.15) is 11.8 Å². The quantitative estimate of drug-likeness (QED) is 0.368. The van der Waals surface area contributed by atoms with Crippen LogP contribution in [0.15, 0.2) is 86.9 Å². The first-order valence-corrected chi connectivity index (χ1v) is 12.5. The molecule has 0 bridgehead atoms. The maximum atomic E-state index is 13.3. The van der Waals surface area contributed by atoms with Crippen LogP contribution in [0.3, 0.4) is 0 Å². The van der Waals surface area contributed by atoms with E-state index in [9.17, 15) is 18.0 Å². The second-order valence-corrected chi connectivity index (χ2v) is 9.55. The maximum absolute atomic E-state index is 13.3. The van der Waals surface area contributed by atoms with Gasteiger partial charge in [0.05, 0.1) is 22.7 Å². The van der Waals surface area contributed by atoms with Gasteiger partial charge in [0.2, 0.25) is 15.9 Å². The molecule has 0 aliphatic heterocycles. The number of oxazole rings is 1. The summed E-state index contributed by atoms with van der Waals surface area (Å²) in [6.07, 6.45) is 0.116. The van der Waals surface area contributed by atoms with Gasteiger partial charge in [0.25, 0.3) is 0 Å². The van der Waals surface area contributed by atoms with Gasteiger partial charge in [-0.25, -0.2) is 13.2 Å². The van der Waals surface area contributed by atoms with Crippen LogP contribution in [0.5, 0.6) is 5.75 Å². The molecule has 0 unspecified atom stereocenters. The number of anilines is 1. The molecule has 2 N–H and O–H groups in total. The summed E-state index contributed by atoms with van der Waals surface area (Å²) < 4.78 is 41.0. The minimum absolute atomic E-state index is 0.116. The fourth-order valence-electron chi connectivity index (χ4n) is 3.65.